The second kappa shape index (κ2) is 10.8. The molecule has 0 radical (unpaired) electrons. The van der Waals surface area contributed by atoms with E-state index in [0.29, 0.717) is 11.3 Å². The van der Waals surface area contributed by atoms with E-state index in [9.17, 15) is 14.0 Å². The summed E-state index contributed by atoms with van der Waals surface area (Å²) in [4.78, 5) is 27.1. The smallest absolute Gasteiger partial charge is 0.261 e. The van der Waals surface area contributed by atoms with E-state index in [1.165, 1.54) is 11.0 Å². The summed E-state index contributed by atoms with van der Waals surface area (Å²) in [5.41, 5.74) is 2.36. The normalized spacial score (nSPS) is 12.7. The van der Waals surface area contributed by atoms with E-state index in [1.54, 1.807) is 31.2 Å². The molecular formula is C24H31FN2O3. The fraction of sp³-hybridized carbons (Fsp3) is 0.417. The molecule has 2 atom stereocenters. The lowest BCUT2D eigenvalue weighted by molar-refractivity contribution is -0.142. The number of ether oxygens (including phenoxy) is 1. The molecule has 0 aliphatic carbocycles. The fourth-order valence-corrected chi connectivity index (χ4v) is 2.96. The molecule has 0 unspecified atom stereocenters. The zero-order chi connectivity index (χ0) is 22.3. The molecule has 0 saturated carbocycles. The monoisotopic (exact) mass is 414 g/mol. The first-order valence-electron chi connectivity index (χ1n) is 10.3. The molecule has 0 spiro atoms. The van der Waals surface area contributed by atoms with Gasteiger partial charge in [0.2, 0.25) is 5.91 Å². The molecule has 0 bridgehead atoms. The fourth-order valence-electron chi connectivity index (χ4n) is 2.96. The van der Waals surface area contributed by atoms with Crippen molar-refractivity contribution < 1.29 is 18.7 Å². The van der Waals surface area contributed by atoms with Crippen molar-refractivity contribution in [2.24, 2.45) is 0 Å². The van der Waals surface area contributed by atoms with Crippen LogP contribution in [-0.4, -0.2) is 35.4 Å². The van der Waals surface area contributed by atoms with Gasteiger partial charge in [0.25, 0.3) is 5.91 Å². The van der Waals surface area contributed by atoms with Gasteiger partial charge < -0.3 is 15.0 Å². The summed E-state index contributed by atoms with van der Waals surface area (Å²) in [5, 5.41) is 2.89. The summed E-state index contributed by atoms with van der Waals surface area (Å²) < 4.78 is 20.0. The van der Waals surface area contributed by atoms with Crippen molar-refractivity contribution in [2.75, 3.05) is 6.61 Å². The van der Waals surface area contributed by atoms with E-state index in [1.807, 2.05) is 39.8 Å². The highest BCUT2D eigenvalue weighted by atomic mass is 19.1. The number of aryl methyl sites for hydroxylation is 1. The van der Waals surface area contributed by atoms with E-state index in [-0.39, 0.29) is 31.0 Å². The number of nitrogens with one attached hydrogen (secondary N) is 1. The van der Waals surface area contributed by atoms with Gasteiger partial charge in [0.15, 0.2) is 6.61 Å². The standard InChI is InChI=1S/C24H31FN2O3/c1-6-17(3)26-24(29)19(5)27(14-20-11-7-8-12-21(20)25)23(28)15-30-22-13-9-10-16(2)18(22)4/h7-13,17,19H,6,14-15H2,1-5H3,(H,26,29)/t17-,19-/m0/s1. The third-order valence-corrected chi connectivity index (χ3v) is 5.37. The van der Waals surface area contributed by atoms with Crippen LogP contribution in [0.25, 0.3) is 0 Å². The van der Waals surface area contributed by atoms with Crippen LogP contribution in [0, 0.1) is 19.7 Å². The molecule has 162 valence electrons. The number of carbonyl (C=O) groups excluding carboxylic acids is 2. The van der Waals surface area contributed by atoms with E-state index < -0.39 is 11.9 Å². The second-order valence-corrected chi connectivity index (χ2v) is 7.59. The molecule has 2 aromatic carbocycles. The van der Waals surface area contributed by atoms with Crippen molar-refractivity contribution in [3.63, 3.8) is 0 Å². The Hall–Kier alpha value is -2.89. The Bertz CT molecular complexity index is 885. The third kappa shape index (κ3) is 6.05. The van der Waals surface area contributed by atoms with E-state index in [0.717, 1.165) is 17.5 Å². The summed E-state index contributed by atoms with van der Waals surface area (Å²) in [6, 6.07) is 11.1. The summed E-state index contributed by atoms with van der Waals surface area (Å²) in [6.45, 7) is 9.16. The molecule has 0 aliphatic heterocycles. The number of nitrogens with zero attached hydrogens (tertiary/aromatic N) is 1. The molecule has 0 aromatic heterocycles. The number of hydrogen-bond donors (Lipinski definition) is 1. The Morgan fingerprint density at radius 2 is 1.80 bits per heavy atom. The molecule has 5 nitrogen and oxygen atoms in total. The average molecular weight is 415 g/mol. The van der Waals surface area contributed by atoms with Gasteiger partial charge in [-0.15, -0.1) is 0 Å². The van der Waals surface area contributed by atoms with Crippen molar-refractivity contribution in [3.8, 4) is 5.75 Å². The lowest BCUT2D eigenvalue weighted by Gasteiger charge is -2.29. The van der Waals surface area contributed by atoms with Gasteiger partial charge in [-0.3, -0.25) is 9.59 Å². The number of hydrogen-bond acceptors (Lipinski definition) is 3. The molecule has 0 heterocycles. The van der Waals surface area contributed by atoms with Gasteiger partial charge in [-0.25, -0.2) is 4.39 Å². The van der Waals surface area contributed by atoms with Crippen molar-refractivity contribution in [2.45, 2.75) is 59.7 Å². The third-order valence-electron chi connectivity index (χ3n) is 5.37. The molecule has 2 rings (SSSR count). The van der Waals surface area contributed by atoms with Gasteiger partial charge in [0.05, 0.1) is 0 Å². The van der Waals surface area contributed by atoms with Crippen LogP contribution < -0.4 is 10.1 Å². The minimum Gasteiger partial charge on any atom is -0.483 e. The van der Waals surface area contributed by atoms with E-state index in [4.69, 9.17) is 4.74 Å². The molecule has 0 fully saturated rings. The zero-order valence-corrected chi connectivity index (χ0v) is 18.4. The molecule has 30 heavy (non-hydrogen) atoms. The van der Waals surface area contributed by atoms with E-state index in [2.05, 4.69) is 5.32 Å². The highest BCUT2D eigenvalue weighted by molar-refractivity contribution is 5.88. The molecule has 0 aliphatic rings. The van der Waals surface area contributed by atoms with E-state index >= 15 is 0 Å². The number of amides is 2. The van der Waals surface area contributed by atoms with Gasteiger partial charge in [0.1, 0.15) is 17.6 Å². The topological polar surface area (TPSA) is 58.6 Å². The number of rotatable bonds is 9. The SMILES string of the molecule is CC[C@H](C)NC(=O)[C@H](C)N(Cc1ccccc1F)C(=O)COc1cccc(C)c1C. The number of halogens is 1. The van der Waals surface area contributed by atoms with Crippen molar-refractivity contribution in [1.82, 2.24) is 10.2 Å². The van der Waals surface area contributed by atoms with Crippen LogP contribution in [0.4, 0.5) is 4.39 Å². The quantitative estimate of drug-likeness (QED) is 0.671. The Balaban J connectivity index is 2.20. The van der Waals surface area contributed by atoms with Gasteiger partial charge in [-0.2, -0.15) is 0 Å². The van der Waals surface area contributed by atoms with Crippen molar-refractivity contribution in [3.05, 3.63) is 65.0 Å². The van der Waals surface area contributed by atoms with Crippen LogP contribution in [0.1, 0.15) is 43.9 Å². The average Bonchev–Trinajstić information content (AvgIpc) is 2.73. The first-order valence-corrected chi connectivity index (χ1v) is 10.3. The molecule has 2 aromatic rings. The maximum Gasteiger partial charge on any atom is 0.261 e. The molecule has 0 saturated heterocycles. The van der Waals surface area contributed by atoms with Gasteiger partial charge in [-0.1, -0.05) is 37.3 Å². The summed E-state index contributed by atoms with van der Waals surface area (Å²) >= 11 is 0. The lowest BCUT2D eigenvalue weighted by Crippen LogP contribution is -2.50. The molecular weight excluding hydrogens is 383 g/mol. The minimum atomic E-state index is -0.770. The van der Waals surface area contributed by atoms with Crippen LogP contribution in [0.2, 0.25) is 0 Å². The summed E-state index contributed by atoms with van der Waals surface area (Å²) in [7, 11) is 0. The maximum atomic E-state index is 14.2. The second-order valence-electron chi connectivity index (χ2n) is 7.59. The van der Waals surface area contributed by atoms with Crippen LogP contribution >= 0.6 is 0 Å². The highest BCUT2D eigenvalue weighted by Crippen LogP contribution is 2.21. The van der Waals surface area contributed by atoms with Crippen LogP contribution in [0.15, 0.2) is 42.5 Å². The minimum absolute atomic E-state index is 0.0171. The predicted octanol–water partition coefficient (Wildman–Crippen LogP) is 4.15. The van der Waals surface area contributed by atoms with Gasteiger partial charge in [-0.05, 0) is 57.4 Å². The van der Waals surface area contributed by atoms with Crippen LogP contribution in [0.5, 0.6) is 5.75 Å². The predicted molar refractivity (Wildman–Crippen MR) is 116 cm³/mol. The molecule has 2 amide bonds. The first-order chi connectivity index (χ1) is 14.2. The van der Waals surface area contributed by atoms with Gasteiger partial charge in [0, 0.05) is 18.2 Å². The maximum absolute atomic E-state index is 14.2. The number of carbonyl (C=O) groups is 2. The van der Waals surface area contributed by atoms with Crippen molar-refractivity contribution >= 4 is 11.8 Å². The van der Waals surface area contributed by atoms with Crippen LogP contribution in [0.3, 0.4) is 0 Å². The Morgan fingerprint density at radius 1 is 1.10 bits per heavy atom. The summed E-state index contributed by atoms with van der Waals surface area (Å²) in [5.74, 6) is -0.460. The zero-order valence-electron chi connectivity index (χ0n) is 18.4. The Morgan fingerprint density at radius 3 is 2.47 bits per heavy atom. The van der Waals surface area contributed by atoms with Gasteiger partial charge >= 0.3 is 0 Å². The Labute approximate surface area is 178 Å². The lowest BCUT2D eigenvalue weighted by atomic mass is 10.1. The number of benzene rings is 2. The highest BCUT2D eigenvalue weighted by Gasteiger charge is 2.28. The Kier molecular flexibility index (Phi) is 8.39. The largest absolute Gasteiger partial charge is 0.483 e. The molecule has 6 heteroatoms. The molecule has 1 N–H and O–H groups in total. The van der Waals surface area contributed by atoms with Crippen molar-refractivity contribution in [1.29, 1.82) is 0 Å². The van der Waals surface area contributed by atoms with Crippen LogP contribution in [-0.2, 0) is 16.1 Å². The summed E-state index contributed by atoms with van der Waals surface area (Å²) in [6.07, 6.45) is 0.773. The first kappa shape index (κ1) is 23.4.